The first-order valence-electron chi connectivity index (χ1n) is 11.9. The summed E-state index contributed by atoms with van der Waals surface area (Å²) >= 11 is 0. The quantitative estimate of drug-likeness (QED) is 0.544. The summed E-state index contributed by atoms with van der Waals surface area (Å²) in [4.78, 5) is 40.2. The average molecular weight is 484 g/mol. The lowest BCUT2D eigenvalue weighted by molar-refractivity contribution is -0.121. The van der Waals surface area contributed by atoms with Crippen molar-refractivity contribution in [1.82, 2.24) is 5.32 Å². The first-order valence-corrected chi connectivity index (χ1v) is 11.9. The summed E-state index contributed by atoms with van der Waals surface area (Å²) in [5, 5.41) is 2.71. The number of hydrogen-bond acceptors (Lipinski definition) is 6. The first kappa shape index (κ1) is 24.5. The number of rotatable bonds is 9. The largest absolute Gasteiger partial charge is 0.497 e. The number of amides is 2. The average Bonchev–Trinajstić information content (AvgIpc) is 3.26. The van der Waals surface area contributed by atoms with E-state index in [9.17, 15) is 18.8 Å². The van der Waals surface area contributed by atoms with Gasteiger partial charge in [-0.15, -0.1) is 0 Å². The SMILES string of the molecule is COc1ccc(C(=O)CCC(=O)NC[C@H]2CN(c3ccc(N4CCCCC4)c(F)c3)C(=O)O2)cc1. The van der Waals surface area contributed by atoms with E-state index in [0.717, 1.165) is 32.4 Å². The van der Waals surface area contributed by atoms with E-state index in [1.807, 2.05) is 4.90 Å². The second-order valence-electron chi connectivity index (χ2n) is 8.76. The van der Waals surface area contributed by atoms with Crippen LogP contribution in [0.5, 0.6) is 5.75 Å². The van der Waals surface area contributed by atoms with Crippen LogP contribution in [-0.4, -0.2) is 57.2 Å². The number of halogens is 1. The van der Waals surface area contributed by atoms with E-state index < -0.39 is 12.2 Å². The van der Waals surface area contributed by atoms with Crippen molar-refractivity contribution in [3.63, 3.8) is 0 Å². The van der Waals surface area contributed by atoms with Gasteiger partial charge in [0, 0.05) is 31.5 Å². The summed E-state index contributed by atoms with van der Waals surface area (Å²) in [6.45, 7) is 1.98. The smallest absolute Gasteiger partial charge is 0.414 e. The van der Waals surface area contributed by atoms with Crippen molar-refractivity contribution in [1.29, 1.82) is 0 Å². The summed E-state index contributed by atoms with van der Waals surface area (Å²) in [6.07, 6.45) is 2.20. The number of ether oxygens (including phenoxy) is 2. The second kappa shape index (κ2) is 11.2. The molecule has 4 rings (SSSR count). The number of Topliss-reactive ketones (excluding diaryl/α,β-unsaturated/α-hetero) is 1. The molecular formula is C26H30FN3O5. The molecule has 2 aliphatic heterocycles. The maximum absolute atomic E-state index is 14.8. The number of hydrogen-bond donors (Lipinski definition) is 1. The molecule has 0 aromatic heterocycles. The standard InChI is InChI=1S/C26H30FN3O5/c1-34-20-8-5-18(6-9-20)24(31)11-12-25(32)28-16-21-17-30(26(33)35-21)19-7-10-23(22(27)15-19)29-13-3-2-4-14-29/h5-10,15,21H,2-4,11-14,16-17H2,1H3,(H,28,32)/t21-/m0/s1. The molecule has 0 aliphatic carbocycles. The molecule has 0 radical (unpaired) electrons. The van der Waals surface area contributed by atoms with Crippen LogP contribution < -0.4 is 19.9 Å². The summed E-state index contributed by atoms with van der Waals surface area (Å²) in [5.74, 6) is -0.162. The predicted octanol–water partition coefficient (Wildman–Crippen LogP) is 3.93. The highest BCUT2D eigenvalue weighted by Crippen LogP contribution is 2.29. The fourth-order valence-corrected chi connectivity index (χ4v) is 4.36. The van der Waals surface area contributed by atoms with Crippen LogP contribution in [0.4, 0.5) is 20.6 Å². The molecule has 35 heavy (non-hydrogen) atoms. The molecule has 2 fully saturated rings. The van der Waals surface area contributed by atoms with Crippen LogP contribution in [0.15, 0.2) is 42.5 Å². The van der Waals surface area contributed by atoms with Gasteiger partial charge >= 0.3 is 6.09 Å². The molecule has 186 valence electrons. The van der Waals surface area contributed by atoms with Crippen LogP contribution in [0.3, 0.4) is 0 Å². The number of methoxy groups -OCH3 is 1. The Labute approximate surface area is 204 Å². The highest BCUT2D eigenvalue weighted by atomic mass is 19.1. The van der Waals surface area contributed by atoms with Crippen LogP contribution >= 0.6 is 0 Å². The van der Waals surface area contributed by atoms with Crippen LogP contribution in [0, 0.1) is 5.82 Å². The summed E-state index contributed by atoms with van der Waals surface area (Å²) in [5.41, 5.74) is 1.48. The zero-order valence-corrected chi connectivity index (χ0v) is 19.8. The highest BCUT2D eigenvalue weighted by molar-refractivity contribution is 5.98. The minimum Gasteiger partial charge on any atom is -0.497 e. The van der Waals surface area contributed by atoms with Gasteiger partial charge in [-0.3, -0.25) is 14.5 Å². The molecule has 2 aromatic rings. The fourth-order valence-electron chi connectivity index (χ4n) is 4.36. The van der Waals surface area contributed by atoms with Gasteiger partial charge in [0.2, 0.25) is 5.91 Å². The van der Waals surface area contributed by atoms with Crippen LogP contribution in [0.2, 0.25) is 0 Å². The van der Waals surface area contributed by atoms with Gasteiger partial charge in [-0.05, 0) is 61.7 Å². The number of ketones is 1. The van der Waals surface area contributed by atoms with Gasteiger partial charge in [0.1, 0.15) is 17.7 Å². The van der Waals surface area contributed by atoms with E-state index in [1.54, 1.807) is 43.5 Å². The van der Waals surface area contributed by atoms with Crippen LogP contribution in [0.1, 0.15) is 42.5 Å². The number of benzene rings is 2. The lowest BCUT2D eigenvalue weighted by Gasteiger charge is -2.29. The number of piperidine rings is 1. The number of cyclic esters (lactones) is 1. The summed E-state index contributed by atoms with van der Waals surface area (Å²) in [6, 6.07) is 11.5. The van der Waals surface area contributed by atoms with Gasteiger partial charge in [0.05, 0.1) is 31.6 Å². The van der Waals surface area contributed by atoms with Crippen molar-refractivity contribution < 1.29 is 28.2 Å². The van der Waals surface area contributed by atoms with Crippen molar-refractivity contribution in [3.05, 3.63) is 53.8 Å². The van der Waals surface area contributed by atoms with E-state index in [-0.39, 0.29) is 43.4 Å². The highest BCUT2D eigenvalue weighted by Gasteiger charge is 2.33. The van der Waals surface area contributed by atoms with Crippen molar-refractivity contribution >= 4 is 29.2 Å². The first-order chi connectivity index (χ1) is 16.9. The topological polar surface area (TPSA) is 88.2 Å². The van der Waals surface area contributed by atoms with Gasteiger partial charge in [0.25, 0.3) is 0 Å². The molecule has 0 spiro atoms. The van der Waals surface area contributed by atoms with Crippen molar-refractivity contribution in [2.24, 2.45) is 0 Å². The van der Waals surface area contributed by atoms with Crippen molar-refractivity contribution in [2.75, 3.05) is 43.1 Å². The maximum Gasteiger partial charge on any atom is 0.414 e. The Morgan fingerprint density at radius 1 is 1.09 bits per heavy atom. The van der Waals surface area contributed by atoms with E-state index in [1.165, 1.54) is 11.0 Å². The zero-order valence-electron chi connectivity index (χ0n) is 19.8. The van der Waals surface area contributed by atoms with Crippen molar-refractivity contribution in [3.8, 4) is 5.75 Å². The van der Waals surface area contributed by atoms with Crippen LogP contribution in [-0.2, 0) is 9.53 Å². The predicted molar refractivity (Wildman–Crippen MR) is 130 cm³/mol. The Kier molecular flexibility index (Phi) is 7.84. The monoisotopic (exact) mass is 483 g/mol. The van der Waals surface area contributed by atoms with Crippen molar-refractivity contribution in [2.45, 2.75) is 38.2 Å². The van der Waals surface area contributed by atoms with E-state index >= 15 is 0 Å². The molecule has 2 heterocycles. The van der Waals surface area contributed by atoms with Gasteiger partial charge in [-0.25, -0.2) is 9.18 Å². The maximum atomic E-state index is 14.8. The zero-order chi connectivity index (χ0) is 24.8. The minimum absolute atomic E-state index is 0.0262. The number of carbonyl (C=O) groups is 3. The van der Waals surface area contributed by atoms with Gasteiger partial charge < -0.3 is 19.7 Å². The Morgan fingerprint density at radius 3 is 2.51 bits per heavy atom. The lowest BCUT2D eigenvalue weighted by Crippen LogP contribution is -2.34. The van der Waals surface area contributed by atoms with Crippen LogP contribution in [0.25, 0.3) is 0 Å². The molecule has 1 atom stereocenters. The number of anilines is 2. The van der Waals surface area contributed by atoms with E-state index in [4.69, 9.17) is 9.47 Å². The number of nitrogens with zero attached hydrogens (tertiary/aromatic N) is 2. The van der Waals surface area contributed by atoms with E-state index in [2.05, 4.69) is 5.32 Å². The van der Waals surface area contributed by atoms with Gasteiger partial charge in [0.15, 0.2) is 5.78 Å². The molecule has 8 nitrogen and oxygen atoms in total. The molecule has 0 bridgehead atoms. The number of nitrogens with one attached hydrogen (secondary N) is 1. The van der Waals surface area contributed by atoms with E-state index in [0.29, 0.717) is 22.7 Å². The molecule has 2 saturated heterocycles. The molecular weight excluding hydrogens is 453 g/mol. The molecule has 0 saturated carbocycles. The Bertz CT molecular complexity index is 1070. The Morgan fingerprint density at radius 2 is 1.83 bits per heavy atom. The molecule has 1 N–H and O–H groups in total. The number of carbonyl (C=O) groups excluding carboxylic acids is 3. The van der Waals surface area contributed by atoms with Gasteiger partial charge in [-0.1, -0.05) is 0 Å². The third-order valence-electron chi connectivity index (χ3n) is 6.33. The normalized spacial score (nSPS) is 17.8. The summed E-state index contributed by atoms with van der Waals surface area (Å²) < 4.78 is 25.2. The van der Waals surface area contributed by atoms with Gasteiger partial charge in [-0.2, -0.15) is 0 Å². The Balaban J connectivity index is 1.24. The second-order valence-corrected chi connectivity index (χ2v) is 8.76. The lowest BCUT2D eigenvalue weighted by atomic mass is 10.1. The molecule has 0 unspecified atom stereocenters. The third-order valence-corrected chi connectivity index (χ3v) is 6.33. The summed E-state index contributed by atoms with van der Waals surface area (Å²) in [7, 11) is 1.55. The molecule has 2 aliphatic rings. The Hall–Kier alpha value is -3.62. The molecule has 2 amide bonds. The fraction of sp³-hybridized carbons (Fsp3) is 0.423. The third kappa shape index (κ3) is 6.09. The minimum atomic E-state index is -0.580. The molecule has 9 heteroatoms. The molecule has 2 aromatic carbocycles.